The molecule has 0 atom stereocenters. The minimum Gasteiger partial charge on any atom is -0.313 e. The zero-order valence-electron chi connectivity index (χ0n) is 21.0. The van der Waals surface area contributed by atoms with Gasteiger partial charge in [-0.2, -0.15) is 0 Å². The van der Waals surface area contributed by atoms with E-state index in [0.29, 0.717) is 0 Å². The normalized spacial score (nSPS) is 15.9. The molecule has 1 aromatic heterocycles. The van der Waals surface area contributed by atoms with Crippen LogP contribution in [0.15, 0.2) is 84.9 Å². The second kappa shape index (κ2) is 8.21. The van der Waals surface area contributed by atoms with E-state index in [9.17, 15) is 0 Å². The van der Waals surface area contributed by atoms with Gasteiger partial charge in [-0.3, -0.25) is 0 Å². The van der Waals surface area contributed by atoms with Gasteiger partial charge in [0.15, 0.2) is 0 Å². The first-order chi connectivity index (χ1) is 18.4. The van der Waals surface area contributed by atoms with E-state index >= 15 is 0 Å². The average Bonchev–Trinajstić information content (AvgIpc) is 3.31. The molecule has 4 aromatic carbocycles. The monoisotopic (exact) mass is 475 g/mol. The van der Waals surface area contributed by atoms with E-state index in [-0.39, 0.29) is 0 Å². The van der Waals surface area contributed by atoms with Gasteiger partial charge in [-0.15, -0.1) is 0 Å². The summed E-state index contributed by atoms with van der Waals surface area (Å²) >= 11 is 0. The third-order valence-electron chi connectivity index (χ3n) is 8.66. The molecule has 1 heteroatoms. The Hall–Kier alpha value is -4.10. The van der Waals surface area contributed by atoms with Gasteiger partial charge in [0, 0.05) is 22.3 Å². The summed E-state index contributed by atoms with van der Waals surface area (Å²) in [4.78, 5) is 0. The Bertz CT molecular complexity index is 1810. The van der Waals surface area contributed by atoms with Crippen LogP contribution in [0.1, 0.15) is 58.3 Å². The summed E-state index contributed by atoms with van der Waals surface area (Å²) in [6, 6.07) is 27.0. The maximum Gasteiger partial charge on any atom is 0.0537 e. The van der Waals surface area contributed by atoms with Crippen molar-refractivity contribution in [1.82, 2.24) is 4.57 Å². The minimum atomic E-state index is 1.05. The number of hydrogen-bond acceptors (Lipinski definition) is 0. The maximum atomic E-state index is 2.49. The number of para-hydroxylation sites is 2. The second-order valence-corrected chi connectivity index (χ2v) is 10.6. The van der Waals surface area contributed by atoms with Crippen molar-refractivity contribution in [1.29, 1.82) is 0 Å². The molecular weight excluding hydrogens is 446 g/mol. The molecule has 1 nitrogen and oxygen atoms in total. The largest absolute Gasteiger partial charge is 0.313 e. The first kappa shape index (κ1) is 21.0. The average molecular weight is 476 g/mol. The molecule has 37 heavy (non-hydrogen) atoms. The zero-order chi connectivity index (χ0) is 24.3. The molecule has 3 aliphatic rings. The fourth-order valence-corrected chi connectivity index (χ4v) is 6.99. The van der Waals surface area contributed by atoms with Crippen molar-refractivity contribution in [2.24, 2.45) is 0 Å². The minimum absolute atomic E-state index is 1.05. The Balaban J connectivity index is 1.33. The summed E-state index contributed by atoms with van der Waals surface area (Å²) in [5.41, 5.74) is 14.3. The number of nitrogens with zero attached hydrogens (tertiary/aromatic N) is 1. The summed E-state index contributed by atoms with van der Waals surface area (Å²) in [5.74, 6) is 0. The molecule has 0 bridgehead atoms. The van der Waals surface area contributed by atoms with Crippen molar-refractivity contribution in [3.8, 4) is 5.69 Å². The van der Waals surface area contributed by atoms with Gasteiger partial charge >= 0.3 is 0 Å². The first-order valence-corrected chi connectivity index (χ1v) is 13.7. The molecule has 1 heterocycles. The van der Waals surface area contributed by atoms with Gasteiger partial charge in [0.2, 0.25) is 0 Å². The summed E-state index contributed by atoms with van der Waals surface area (Å²) in [5, 5.41) is 4.18. The van der Waals surface area contributed by atoms with Crippen LogP contribution in [-0.2, 0) is 19.3 Å². The van der Waals surface area contributed by atoms with Gasteiger partial charge in [0.1, 0.15) is 0 Å². The standard InChI is InChI=1S/C36H29N/c1-2-10-26(11-3-1)37-35-17-9-8-16-32(35)34-23-25(19-21-36(34)37)24-18-20-31-29-14-5-4-12-27(29)28-13-6-7-15-30(28)33(31)22-24/h1-3,5,7-11,14-18,20,22-23H,4,6,12-13,19,21H2. The molecule has 0 unspecified atom stereocenters. The highest BCUT2D eigenvalue weighted by atomic mass is 15.0. The van der Waals surface area contributed by atoms with E-state index in [1.54, 1.807) is 11.1 Å². The van der Waals surface area contributed by atoms with E-state index < -0.39 is 0 Å². The summed E-state index contributed by atoms with van der Waals surface area (Å²) in [6.45, 7) is 0. The fraction of sp³-hybridized carbons (Fsp3) is 0.167. The molecule has 0 amide bonds. The second-order valence-electron chi connectivity index (χ2n) is 10.6. The van der Waals surface area contributed by atoms with Gasteiger partial charge in [-0.1, -0.05) is 72.8 Å². The lowest BCUT2D eigenvalue weighted by Crippen LogP contribution is -2.07. The Morgan fingerprint density at radius 3 is 2.11 bits per heavy atom. The molecular formula is C36H29N. The first-order valence-electron chi connectivity index (χ1n) is 13.7. The number of rotatable bonds is 2. The smallest absolute Gasteiger partial charge is 0.0537 e. The Kier molecular flexibility index (Phi) is 4.67. The van der Waals surface area contributed by atoms with Gasteiger partial charge in [-0.05, 0) is 113 Å². The lowest BCUT2D eigenvalue weighted by Gasteiger charge is -2.24. The number of hydrogen-bond donors (Lipinski definition) is 0. The summed E-state index contributed by atoms with van der Waals surface area (Å²) < 4.78 is 2.47. The van der Waals surface area contributed by atoms with Crippen LogP contribution in [0.2, 0.25) is 0 Å². The van der Waals surface area contributed by atoms with Crippen LogP contribution in [0.4, 0.5) is 0 Å². The van der Waals surface area contributed by atoms with Crippen LogP contribution < -0.4 is 0 Å². The van der Waals surface area contributed by atoms with Crippen molar-refractivity contribution in [2.75, 3.05) is 0 Å². The molecule has 0 saturated carbocycles. The van der Waals surface area contributed by atoms with Crippen molar-refractivity contribution in [3.63, 3.8) is 0 Å². The molecule has 0 aliphatic heterocycles. The quantitative estimate of drug-likeness (QED) is 0.240. The molecule has 5 aromatic rings. The van der Waals surface area contributed by atoms with Crippen LogP contribution in [0, 0.1) is 0 Å². The van der Waals surface area contributed by atoms with Gasteiger partial charge in [0.25, 0.3) is 0 Å². The number of aromatic nitrogens is 1. The molecule has 0 spiro atoms. The molecule has 8 rings (SSSR count). The molecule has 178 valence electrons. The Labute approximate surface area is 218 Å². The fourth-order valence-electron chi connectivity index (χ4n) is 6.99. The SMILES string of the molecule is C1=Cc2c(c3c(c4cc(C5=Cc6c(n(-c7ccccc7)c7ccccc67)CC5)ccc24)C=CCC3)CC1. The number of allylic oxidation sites excluding steroid dienone is 3. The molecule has 0 N–H and O–H groups in total. The maximum absolute atomic E-state index is 2.49. The zero-order valence-corrected chi connectivity index (χ0v) is 21.0. The van der Waals surface area contributed by atoms with E-state index in [1.807, 2.05) is 0 Å². The topological polar surface area (TPSA) is 4.93 Å². The van der Waals surface area contributed by atoms with Crippen molar-refractivity contribution < 1.29 is 0 Å². The van der Waals surface area contributed by atoms with Crippen molar-refractivity contribution >= 4 is 45.5 Å². The molecule has 0 saturated heterocycles. The molecule has 0 fully saturated rings. The van der Waals surface area contributed by atoms with E-state index in [4.69, 9.17) is 0 Å². The third-order valence-corrected chi connectivity index (χ3v) is 8.66. The number of fused-ring (bicyclic) bond motifs is 9. The van der Waals surface area contributed by atoms with Crippen molar-refractivity contribution in [3.05, 3.63) is 124 Å². The van der Waals surface area contributed by atoms with Crippen LogP contribution >= 0.6 is 0 Å². The predicted octanol–water partition coefficient (Wildman–Crippen LogP) is 9.19. The van der Waals surface area contributed by atoms with E-state index in [1.165, 1.54) is 80.1 Å². The number of benzene rings is 4. The highest BCUT2D eigenvalue weighted by Crippen LogP contribution is 2.42. The van der Waals surface area contributed by atoms with Crippen LogP contribution in [0.3, 0.4) is 0 Å². The molecule has 3 aliphatic carbocycles. The van der Waals surface area contributed by atoms with Gasteiger partial charge in [-0.25, -0.2) is 0 Å². The van der Waals surface area contributed by atoms with Gasteiger partial charge < -0.3 is 4.57 Å². The Morgan fingerprint density at radius 2 is 1.30 bits per heavy atom. The lowest BCUT2D eigenvalue weighted by atomic mass is 9.80. The Morgan fingerprint density at radius 1 is 0.568 bits per heavy atom. The summed E-state index contributed by atoms with van der Waals surface area (Å²) in [7, 11) is 0. The van der Waals surface area contributed by atoms with Crippen molar-refractivity contribution in [2.45, 2.75) is 38.5 Å². The highest BCUT2D eigenvalue weighted by molar-refractivity contribution is 6.03. The lowest BCUT2D eigenvalue weighted by molar-refractivity contribution is 0.898. The summed E-state index contributed by atoms with van der Waals surface area (Å²) in [6.07, 6.45) is 18.8. The van der Waals surface area contributed by atoms with Crippen LogP contribution in [0.25, 0.3) is 51.2 Å². The highest BCUT2D eigenvalue weighted by Gasteiger charge is 2.23. The van der Waals surface area contributed by atoms with Crippen LogP contribution in [-0.4, -0.2) is 4.57 Å². The van der Waals surface area contributed by atoms with Crippen LogP contribution in [0.5, 0.6) is 0 Å². The third kappa shape index (κ3) is 3.17. The molecule has 0 radical (unpaired) electrons. The van der Waals surface area contributed by atoms with Gasteiger partial charge in [0.05, 0.1) is 5.52 Å². The van der Waals surface area contributed by atoms with E-state index in [0.717, 1.165) is 19.3 Å². The van der Waals surface area contributed by atoms with E-state index in [2.05, 4.69) is 108 Å². The predicted molar refractivity (Wildman–Crippen MR) is 158 cm³/mol.